The van der Waals surface area contributed by atoms with Gasteiger partial charge in [-0.25, -0.2) is 0 Å². The van der Waals surface area contributed by atoms with Crippen LogP contribution in [0.1, 0.15) is 59.3 Å². The summed E-state index contributed by atoms with van der Waals surface area (Å²) in [5.41, 5.74) is 0. The summed E-state index contributed by atoms with van der Waals surface area (Å²) >= 11 is 0. The zero-order valence-corrected chi connectivity index (χ0v) is 15.9. The van der Waals surface area contributed by atoms with Crippen molar-refractivity contribution in [1.82, 2.24) is 10.2 Å². The molecule has 1 saturated carbocycles. The summed E-state index contributed by atoms with van der Waals surface area (Å²) in [6.07, 6.45) is 6.85. The van der Waals surface area contributed by atoms with Gasteiger partial charge in [0.25, 0.3) is 0 Å². The van der Waals surface area contributed by atoms with Crippen molar-refractivity contribution in [2.75, 3.05) is 26.2 Å². The Morgan fingerprint density at radius 2 is 1.83 bits per heavy atom. The highest BCUT2D eigenvalue weighted by molar-refractivity contribution is 5.85. The third kappa shape index (κ3) is 8.37. The summed E-state index contributed by atoms with van der Waals surface area (Å²) in [5, 5.41) is 3.66. The normalized spacial score (nSPS) is 20.4. The molecule has 0 bridgehead atoms. The maximum Gasteiger partial charge on any atom is 0.224 e. The fourth-order valence-electron chi connectivity index (χ4n) is 3.23. The third-order valence-electron chi connectivity index (χ3n) is 4.76. The number of carbonyl (C=O) groups is 1. The van der Waals surface area contributed by atoms with Crippen LogP contribution in [0.25, 0.3) is 0 Å². The van der Waals surface area contributed by atoms with Gasteiger partial charge in [0, 0.05) is 19.1 Å². The minimum Gasteiger partial charge on any atom is -0.378 e. The van der Waals surface area contributed by atoms with Gasteiger partial charge in [-0.1, -0.05) is 13.8 Å². The van der Waals surface area contributed by atoms with Crippen molar-refractivity contribution in [3.8, 4) is 0 Å². The highest BCUT2D eigenvalue weighted by atomic mass is 35.5. The predicted octanol–water partition coefficient (Wildman–Crippen LogP) is 3.24. The molecule has 1 amide bonds. The lowest BCUT2D eigenvalue weighted by Crippen LogP contribution is -2.45. The van der Waals surface area contributed by atoms with Crippen molar-refractivity contribution >= 4 is 18.3 Å². The van der Waals surface area contributed by atoms with E-state index in [4.69, 9.17) is 4.74 Å². The number of hydrogen-bond donors (Lipinski definition) is 1. The first-order valence-corrected chi connectivity index (χ1v) is 9.17. The number of nitrogens with one attached hydrogen (secondary N) is 1. The minimum atomic E-state index is 0. The van der Waals surface area contributed by atoms with Crippen LogP contribution < -0.4 is 5.32 Å². The van der Waals surface area contributed by atoms with E-state index in [0.717, 1.165) is 38.3 Å². The van der Waals surface area contributed by atoms with Gasteiger partial charge in [-0.15, -0.1) is 12.4 Å². The lowest BCUT2D eigenvalue weighted by molar-refractivity contribution is -0.133. The number of carbonyl (C=O) groups excluding carboxylic acids is 1. The van der Waals surface area contributed by atoms with E-state index in [-0.39, 0.29) is 24.4 Å². The Hall–Kier alpha value is -0.320. The largest absolute Gasteiger partial charge is 0.378 e. The summed E-state index contributed by atoms with van der Waals surface area (Å²) in [5.74, 6) is 1.84. The molecule has 0 aromatic carbocycles. The van der Waals surface area contributed by atoms with Crippen LogP contribution in [0.2, 0.25) is 0 Å². The lowest BCUT2D eigenvalue weighted by atomic mass is 10.0. The van der Waals surface area contributed by atoms with Crippen molar-refractivity contribution in [3.05, 3.63) is 0 Å². The molecule has 2 rings (SSSR count). The van der Waals surface area contributed by atoms with E-state index in [2.05, 4.69) is 26.1 Å². The molecule has 2 aliphatic rings. The molecule has 23 heavy (non-hydrogen) atoms. The predicted molar refractivity (Wildman–Crippen MR) is 97.1 cm³/mol. The molecule has 2 fully saturated rings. The second-order valence-corrected chi connectivity index (χ2v) is 7.57. The van der Waals surface area contributed by atoms with Crippen molar-refractivity contribution < 1.29 is 9.53 Å². The number of nitrogens with zero attached hydrogens (tertiary/aromatic N) is 1. The molecule has 1 saturated heterocycles. The fraction of sp³-hybridized carbons (Fsp3) is 0.944. The van der Waals surface area contributed by atoms with Gasteiger partial charge in [0.05, 0.1) is 19.1 Å². The molecule has 0 aromatic heterocycles. The van der Waals surface area contributed by atoms with E-state index in [1.807, 2.05) is 4.90 Å². The summed E-state index contributed by atoms with van der Waals surface area (Å²) in [6.45, 7) is 10.1. The van der Waals surface area contributed by atoms with Crippen molar-refractivity contribution in [1.29, 1.82) is 0 Å². The molecule has 0 radical (unpaired) electrons. The van der Waals surface area contributed by atoms with Gasteiger partial charge >= 0.3 is 0 Å². The van der Waals surface area contributed by atoms with Crippen LogP contribution in [-0.4, -0.2) is 49.2 Å². The highest BCUT2D eigenvalue weighted by Gasteiger charge is 2.25. The average molecular weight is 347 g/mol. The molecule has 1 unspecified atom stereocenters. The fourth-order valence-corrected chi connectivity index (χ4v) is 3.23. The first-order chi connectivity index (χ1) is 10.5. The van der Waals surface area contributed by atoms with Crippen LogP contribution in [0, 0.1) is 11.8 Å². The van der Waals surface area contributed by atoms with Crippen molar-refractivity contribution in [3.63, 3.8) is 0 Å². The summed E-state index contributed by atoms with van der Waals surface area (Å²) in [7, 11) is 0. The molecule has 4 nitrogen and oxygen atoms in total. The van der Waals surface area contributed by atoms with Crippen molar-refractivity contribution in [2.24, 2.45) is 11.8 Å². The Morgan fingerprint density at radius 3 is 2.39 bits per heavy atom. The quantitative estimate of drug-likeness (QED) is 0.696. The maximum atomic E-state index is 12.2. The molecule has 1 N–H and O–H groups in total. The smallest absolute Gasteiger partial charge is 0.224 e. The maximum absolute atomic E-state index is 12.2. The average Bonchev–Trinajstić information content (AvgIpc) is 3.29. The number of amides is 1. The molecule has 0 spiro atoms. The van der Waals surface area contributed by atoms with Gasteiger partial charge in [0.2, 0.25) is 5.91 Å². The van der Waals surface area contributed by atoms with Crippen LogP contribution in [-0.2, 0) is 9.53 Å². The molecule has 1 aliphatic carbocycles. The zero-order chi connectivity index (χ0) is 15.9. The standard InChI is InChI=1S/C18H34N2O2.ClH/c1-14(2)12-15(3)22-11-8-18(21)20-9-6-17(7-10-20)19-13-16-4-5-16;/h14-17,19H,4-13H2,1-3H3;1H. The van der Waals surface area contributed by atoms with Gasteiger partial charge in [-0.05, 0) is 57.4 Å². The van der Waals surface area contributed by atoms with Crippen LogP contribution in [0.4, 0.5) is 0 Å². The second kappa shape index (κ2) is 10.5. The van der Waals surface area contributed by atoms with Gasteiger partial charge in [-0.2, -0.15) is 0 Å². The van der Waals surface area contributed by atoms with E-state index in [0.29, 0.717) is 25.0 Å². The molecule has 136 valence electrons. The van der Waals surface area contributed by atoms with E-state index < -0.39 is 0 Å². The molecule has 0 aromatic rings. The molecular weight excluding hydrogens is 312 g/mol. The first kappa shape index (κ1) is 20.7. The van der Waals surface area contributed by atoms with E-state index in [1.165, 1.54) is 19.4 Å². The van der Waals surface area contributed by atoms with Gasteiger partial charge < -0.3 is 15.0 Å². The molecule has 5 heteroatoms. The van der Waals surface area contributed by atoms with Crippen LogP contribution in [0.3, 0.4) is 0 Å². The number of piperidine rings is 1. The van der Waals surface area contributed by atoms with Crippen molar-refractivity contribution in [2.45, 2.75) is 71.4 Å². The monoisotopic (exact) mass is 346 g/mol. The second-order valence-electron chi connectivity index (χ2n) is 7.57. The Bertz CT molecular complexity index is 340. The molecule has 1 aliphatic heterocycles. The summed E-state index contributed by atoms with van der Waals surface area (Å²) in [4.78, 5) is 14.2. The van der Waals surface area contributed by atoms with E-state index in [9.17, 15) is 4.79 Å². The van der Waals surface area contributed by atoms with E-state index in [1.54, 1.807) is 0 Å². The third-order valence-corrected chi connectivity index (χ3v) is 4.76. The van der Waals surface area contributed by atoms with Gasteiger partial charge in [-0.3, -0.25) is 4.79 Å². The zero-order valence-electron chi connectivity index (χ0n) is 15.1. The van der Waals surface area contributed by atoms with E-state index >= 15 is 0 Å². The van der Waals surface area contributed by atoms with Crippen LogP contribution in [0.15, 0.2) is 0 Å². The number of rotatable bonds is 9. The molecule has 1 heterocycles. The SMILES string of the molecule is CC(C)CC(C)OCCC(=O)N1CCC(NCC2CC2)CC1.Cl. The molecule has 1 atom stereocenters. The van der Waals surface area contributed by atoms with Crippen LogP contribution in [0.5, 0.6) is 0 Å². The molecular formula is C18H35ClN2O2. The summed E-state index contributed by atoms with van der Waals surface area (Å²) in [6, 6.07) is 0.618. The first-order valence-electron chi connectivity index (χ1n) is 9.17. The minimum absolute atomic E-state index is 0. The Morgan fingerprint density at radius 1 is 1.17 bits per heavy atom. The lowest BCUT2D eigenvalue weighted by Gasteiger charge is -2.32. The topological polar surface area (TPSA) is 41.6 Å². The Labute approximate surface area is 148 Å². The summed E-state index contributed by atoms with van der Waals surface area (Å²) < 4.78 is 5.75. The number of likely N-dealkylation sites (tertiary alicyclic amines) is 1. The number of hydrogen-bond acceptors (Lipinski definition) is 3. The van der Waals surface area contributed by atoms with Gasteiger partial charge in [0.15, 0.2) is 0 Å². The Balaban J connectivity index is 0.00000264. The highest BCUT2D eigenvalue weighted by Crippen LogP contribution is 2.28. The number of halogens is 1. The Kier molecular flexibility index (Phi) is 9.48. The van der Waals surface area contributed by atoms with Gasteiger partial charge in [0.1, 0.15) is 0 Å². The van der Waals surface area contributed by atoms with Crippen LogP contribution >= 0.6 is 12.4 Å². The number of ether oxygens (including phenoxy) is 1.